The van der Waals surface area contributed by atoms with E-state index in [1.165, 1.54) is 17.7 Å². The van der Waals surface area contributed by atoms with Gasteiger partial charge in [-0.3, -0.25) is 9.69 Å². The van der Waals surface area contributed by atoms with Crippen LogP contribution in [0, 0.1) is 5.82 Å². The summed E-state index contributed by atoms with van der Waals surface area (Å²) in [6, 6.07) is 16.3. The Hall–Kier alpha value is -2.50. The Morgan fingerprint density at radius 2 is 1.78 bits per heavy atom. The minimum atomic E-state index is -0.375. The minimum Gasteiger partial charge on any atom is -0.336 e. The summed E-state index contributed by atoms with van der Waals surface area (Å²) < 4.78 is 13.3. The van der Waals surface area contributed by atoms with Gasteiger partial charge in [0.1, 0.15) is 11.0 Å². The number of piperazine rings is 1. The molecule has 1 amide bonds. The van der Waals surface area contributed by atoms with Crippen molar-refractivity contribution in [2.75, 3.05) is 26.2 Å². The second kappa shape index (κ2) is 7.62. The van der Waals surface area contributed by atoms with Crippen molar-refractivity contribution in [3.8, 4) is 0 Å². The molecule has 0 unspecified atom stereocenters. The Bertz CT molecular complexity index is 972. The molecule has 2 heterocycles. The molecule has 1 fully saturated rings. The Kier molecular flexibility index (Phi) is 5.05. The van der Waals surface area contributed by atoms with Crippen molar-refractivity contribution in [1.82, 2.24) is 14.8 Å². The Balaban J connectivity index is 1.45. The molecule has 0 saturated carbocycles. The molecule has 0 aliphatic carbocycles. The largest absolute Gasteiger partial charge is 0.336 e. The first kappa shape index (κ1) is 17.9. The summed E-state index contributed by atoms with van der Waals surface area (Å²) in [5.74, 6) is -0.502. The van der Waals surface area contributed by atoms with Crippen LogP contribution in [0.3, 0.4) is 0 Å². The van der Waals surface area contributed by atoms with Gasteiger partial charge in [0.2, 0.25) is 0 Å². The van der Waals surface area contributed by atoms with E-state index in [0.29, 0.717) is 29.6 Å². The number of carbonyl (C=O) groups is 1. The van der Waals surface area contributed by atoms with Crippen LogP contribution < -0.4 is 0 Å². The average Bonchev–Trinajstić information content (AvgIpc) is 2.68. The van der Waals surface area contributed by atoms with E-state index in [4.69, 9.17) is 11.6 Å². The number of hydrogen-bond donors (Lipinski definition) is 0. The van der Waals surface area contributed by atoms with Crippen molar-refractivity contribution in [2.45, 2.75) is 6.54 Å². The van der Waals surface area contributed by atoms with Gasteiger partial charge in [-0.15, -0.1) is 0 Å². The molecule has 4 nitrogen and oxygen atoms in total. The van der Waals surface area contributed by atoms with Crippen LogP contribution in [0.2, 0.25) is 5.15 Å². The van der Waals surface area contributed by atoms with Gasteiger partial charge >= 0.3 is 0 Å². The van der Waals surface area contributed by atoms with Crippen molar-refractivity contribution in [1.29, 1.82) is 0 Å². The van der Waals surface area contributed by atoms with E-state index in [9.17, 15) is 9.18 Å². The van der Waals surface area contributed by atoms with Gasteiger partial charge in [0.25, 0.3) is 5.91 Å². The van der Waals surface area contributed by atoms with Crippen molar-refractivity contribution in [2.24, 2.45) is 0 Å². The zero-order valence-corrected chi connectivity index (χ0v) is 15.5. The molecule has 6 heteroatoms. The third-order valence-electron chi connectivity index (χ3n) is 4.87. The first-order chi connectivity index (χ1) is 13.1. The van der Waals surface area contributed by atoms with Crippen LogP contribution in [0.5, 0.6) is 0 Å². The number of aromatic nitrogens is 1. The molecule has 0 radical (unpaired) electrons. The number of benzene rings is 2. The van der Waals surface area contributed by atoms with Crippen LogP contribution in [0.15, 0.2) is 54.6 Å². The van der Waals surface area contributed by atoms with Crippen LogP contribution >= 0.6 is 11.6 Å². The van der Waals surface area contributed by atoms with Crippen molar-refractivity contribution < 1.29 is 9.18 Å². The Morgan fingerprint density at radius 1 is 1.04 bits per heavy atom. The fraction of sp³-hybridized carbons (Fsp3) is 0.238. The van der Waals surface area contributed by atoms with E-state index >= 15 is 0 Å². The zero-order chi connectivity index (χ0) is 18.8. The van der Waals surface area contributed by atoms with E-state index in [1.807, 2.05) is 18.2 Å². The molecule has 3 aromatic rings. The van der Waals surface area contributed by atoms with E-state index in [-0.39, 0.29) is 16.9 Å². The van der Waals surface area contributed by atoms with Crippen LogP contribution in [-0.2, 0) is 6.54 Å². The molecule has 0 spiro atoms. The number of nitrogens with zero attached hydrogens (tertiary/aromatic N) is 3. The minimum absolute atomic E-state index is 0.116. The van der Waals surface area contributed by atoms with Gasteiger partial charge < -0.3 is 4.90 Å². The molecule has 138 valence electrons. The fourth-order valence-electron chi connectivity index (χ4n) is 3.39. The summed E-state index contributed by atoms with van der Waals surface area (Å²) in [6.07, 6.45) is 0. The highest BCUT2D eigenvalue weighted by Crippen LogP contribution is 2.23. The normalized spacial score (nSPS) is 15.3. The molecule has 0 bridgehead atoms. The summed E-state index contributed by atoms with van der Waals surface area (Å²) >= 11 is 6.21. The van der Waals surface area contributed by atoms with Crippen LogP contribution in [0.25, 0.3) is 10.9 Å². The smallest absolute Gasteiger partial charge is 0.257 e. The molecule has 4 rings (SSSR count). The van der Waals surface area contributed by atoms with Gasteiger partial charge in [-0.1, -0.05) is 41.9 Å². The molecule has 1 aliphatic rings. The summed E-state index contributed by atoms with van der Waals surface area (Å²) in [5, 5.41) is 0.816. The number of halogens is 2. The van der Waals surface area contributed by atoms with Crippen LogP contribution in [-0.4, -0.2) is 46.9 Å². The van der Waals surface area contributed by atoms with Crippen molar-refractivity contribution >= 4 is 28.4 Å². The van der Waals surface area contributed by atoms with Gasteiger partial charge in [0.15, 0.2) is 0 Å². The van der Waals surface area contributed by atoms with Gasteiger partial charge in [-0.2, -0.15) is 0 Å². The zero-order valence-electron chi connectivity index (χ0n) is 14.7. The number of carbonyl (C=O) groups excluding carboxylic acids is 1. The molecular weight excluding hydrogens is 365 g/mol. The molecular formula is C21H19ClFN3O. The van der Waals surface area contributed by atoms with Crippen molar-refractivity contribution in [3.05, 3.63) is 76.7 Å². The Morgan fingerprint density at radius 3 is 2.52 bits per heavy atom. The standard InChI is InChI=1S/C21H19ClFN3O/c22-20-18(12-16-6-7-17(23)13-19(16)24-20)21(27)26-10-8-25(9-11-26)14-15-4-2-1-3-5-15/h1-7,12-13H,8-11,14H2. The Labute approximate surface area is 162 Å². The number of pyridine rings is 1. The summed E-state index contributed by atoms with van der Waals surface area (Å²) in [6.45, 7) is 3.79. The number of rotatable bonds is 3. The summed E-state index contributed by atoms with van der Waals surface area (Å²) in [5.41, 5.74) is 2.09. The lowest BCUT2D eigenvalue weighted by atomic mass is 10.1. The maximum Gasteiger partial charge on any atom is 0.257 e. The van der Waals surface area contributed by atoms with Gasteiger partial charge in [-0.05, 0) is 23.8 Å². The lowest BCUT2D eigenvalue weighted by molar-refractivity contribution is 0.0628. The van der Waals surface area contributed by atoms with E-state index in [0.717, 1.165) is 19.6 Å². The maximum absolute atomic E-state index is 13.3. The van der Waals surface area contributed by atoms with Crippen LogP contribution in [0.1, 0.15) is 15.9 Å². The predicted molar refractivity (Wildman–Crippen MR) is 104 cm³/mol. The lowest BCUT2D eigenvalue weighted by Gasteiger charge is -2.34. The molecule has 1 aliphatic heterocycles. The monoisotopic (exact) mass is 383 g/mol. The third kappa shape index (κ3) is 3.94. The average molecular weight is 384 g/mol. The predicted octanol–water partition coefficient (Wildman–Crippen LogP) is 3.99. The quantitative estimate of drug-likeness (QED) is 0.642. The first-order valence-corrected chi connectivity index (χ1v) is 9.29. The molecule has 0 N–H and O–H groups in total. The second-order valence-electron chi connectivity index (χ2n) is 6.72. The fourth-order valence-corrected chi connectivity index (χ4v) is 3.61. The third-order valence-corrected chi connectivity index (χ3v) is 5.16. The highest BCUT2D eigenvalue weighted by Gasteiger charge is 2.24. The molecule has 27 heavy (non-hydrogen) atoms. The van der Waals surface area contributed by atoms with Gasteiger partial charge in [0.05, 0.1) is 11.1 Å². The highest BCUT2D eigenvalue weighted by atomic mass is 35.5. The SMILES string of the molecule is O=C(c1cc2ccc(F)cc2nc1Cl)N1CCN(Cc2ccccc2)CC1. The van der Waals surface area contributed by atoms with E-state index < -0.39 is 0 Å². The topological polar surface area (TPSA) is 36.4 Å². The van der Waals surface area contributed by atoms with Crippen molar-refractivity contribution in [3.63, 3.8) is 0 Å². The van der Waals surface area contributed by atoms with E-state index in [1.54, 1.807) is 17.0 Å². The second-order valence-corrected chi connectivity index (χ2v) is 7.08. The molecule has 1 aromatic heterocycles. The van der Waals surface area contributed by atoms with Gasteiger partial charge in [0, 0.05) is 44.2 Å². The van der Waals surface area contributed by atoms with Gasteiger partial charge in [-0.25, -0.2) is 9.37 Å². The molecule has 1 saturated heterocycles. The summed E-state index contributed by atoms with van der Waals surface area (Å²) in [4.78, 5) is 21.2. The molecule has 2 aromatic carbocycles. The van der Waals surface area contributed by atoms with Crippen LogP contribution in [0.4, 0.5) is 4.39 Å². The maximum atomic E-state index is 13.3. The molecule has 0 atom stereocenters. The van der Waals surface area contributed by atoms with E-state index in [2.05, 4.69) is 22.0 Å². The number of fused-ring (bicyclic) bond motifs is 1. The number of hydrogen-bond acceptors (Lipinski definition) is 3. The first-order valence-electron chi connectivity index (χ1n) is 8.91. The highest BCUT2D eigenvalue weighted by molar-refractivity contribution is 6.33. The number of amides is 1. The lowest BCUT2D eigenvalue weighted by Crippen LogP contribution is -2.48. The summed E-state index contributed by atoms with van der Waals surface area (Å²) in [7, 11) is 0.